The third-order valence-corrected chi connectivity index (χ3v) is 5.12. The zero-order chi connectivity index (χ0) is 18.3. The van der Waals surface area contributed by atoms with Gasteiger partial charge >= 0.3 is 0 Å². The molecule has 0 aromatic carbocycles. The standard InChI is InChI=1S/C16H29N5O3S/c1-17-16(18-5-7-24-8-9-25(3,22)23)21-6-4-14(13-21)10-15-11-19-20(2)12-15/h11-12,14H,4-10,13H2,1-3H3,(H,17,18). The molecule has 0 aliphatic carbocycles. The van der Waals surface area contributed by atoms with Crippen molar-refractivity contribution < 1.29 is 13.2 Å². The van der Waals surface area contributed by atoms with Crippen LogP contribution in [0, 0.1) is 5.92 Å². The quantitative estimate of drug-likeness (QED) is 0.391. The first-order valence-electron chi connectivity index (χ1n) is 8.56. The van der Waals surface area contributed by atoms with Crippen LogP contribution < -0.4 is 5.32 Å². The Kier molecular flexibility index (Phi) is 7.24. The number of hydrogen-bond donors (Lipinski definition) is 1. The molecule has 142 valence electrons. The Morgan fingerprint density at radius 3 is 2.92 bits per heavy atom. The predicted molar refractivity (Wildman–Crippen MR) is 98.5 cm³/mol. The van der Waals surface area contributed by atoms with E-state index < -0.39 is 9.84 Å². The highest BCUT2D eigenvalue weighted by Gasteiger charge is 2.25. The van der Waals surface area contributed by atoms with Crippen LogP contribution in [-0.2, 0) is 28.0 Å². The number of nitrogens with one attached hydrogen (secondary N) is 1. The van der Waals surface area contributed by atoms with Crippen molar-refractivity contribution in [2.24, 2.45) is 18.0 Å². The number of aryl methyl sites for hydroxylation is 1. The largest absolute Gasteiger partial charge is 0.379 e. The van der Waals surface area contributed by atoms with Gasteiger partial charge in [0.1, 0.15) is 9.84 Å². The molecule has 1 aliphatic heterocycles. The van der Waals surface area contributed by atoms with E-state index in [0.29, 0.717) is 19.1 Å². The summed E-state index contributed by atoms with van der Waals surface area (Å²) in [5, 5.41) is 7.51. The molecule has 1 aliphatic rings. The van der Waals surface area contributed by atoms with Crippen molar-refractivity contribution >= 4 is 15.8 Å². The smallest absolute Gasteiger partial charge is 0.193 e. The van der Waals surface area contributed by atoms with Gasteiger partial charge in [0.25, 0.3) is 0 Å². The van der Waals surface area contributed by atoms with E-state index in [0.717, 1.165) is 31.9 Å². The van der Waals surface area contributed by atoms with E-state index in [9.17, 15) is 8.42 Å². The normalized spacial score (nSPS) is 18.8. The molecule has 1 aromatic heterocycles. The van der Waals surface area contributed by atoms with Crippen LogP contribution in [0.4, 0.5) is 0 Å². The Bertz CT molecular complexity index is 671. The van der Waals surface area contributed by atoms with Crippen molar-refractivity contribution in [2.75, 3.05) is 51.9 Å². The van der Waals surface area contributed by atoms with Crippen molar-refractivity contribution in [2.45, 2.75) is 12.8 Å². The highest BCUT2D eigenvalue weighted by atomic mass is 32.2. The van der Waals surface area contributed by atoms with Crippen LogP contribution in [0.5, 0.6) is 0 Å². The average molecular weight is 372 g/mol. The molecule has 0 spiro atoms. The van der Waals surface area contributed by atoms with Crippen LogP contribution in [0.25, 0.3) is 0 Å². The minimum Gasteiger partial charge on any atom is -0.379 e. The van der Waals surface area contributed by atoms with Gasteiger partial charge in [0.15, 0.2) is 5.96 Å². The summed E-state index contributed by atoms with van der Waals surface area (Å²) in [6.45, 7) is 3.26. The number of sulfone groups is 1. The Morgan fingerprint density at radius 1 is 1.48 bits per heavy atom. The topological polar surface area (TPSA) is 88.8 Å². The van der Waals surface area contributed by atoms with E-state index >= 15 is 0 Å². The molecule has 0 amide bonds. The lowest BCUT2D eigenvalue weighted by molar-refractivity contribution is 0.153. The van der Waals surface area contributed by atoms with Gasteiger partial charge in [-0.25, -0.2) is 8.42 Å². The molecule has 1 aromatic rings. The number of aromatic nitrogens is 2. The fourth-order valence-corrected chi connectivity index (χ4v) is 3.40. The highest BCUT2D eigenvalue weighted by molar-refractivity contribution is 7.90. The van der Waals surface area contributed by atoms with Gasteiger partial charge in [-0.1, -0.05) is 0 Å². The zero-order valence-corrected chi connectivity index (χ0v) is 16.1. The summed E-state index contributed by atoms with van der Waals surface area (Å²) in [4.78, 5) is 6.60. The molecule has 0 saturated carbocycles. The Labute approximate surface area is 150 Å². The van der Waals surface area contributed by atoms with Crippen LogP contribution in [0.15, 0.2) is 17.4 Å². The van der Waals surface area contributed by atoms with Crippen molar-refractivity contribution in [1.29, 1.82) is 0 Å². The first-order valence-corrected chi connectivity index (χ1v) is 10.6. The lowest BCUT2D eigenvalue weighted by Gasteiger charge is -2.21. The van der Waals surface area contributed by atoms with Crippen molar-refractivity contribution in [1.82, 2.24) is 20.0 Å². The van der Waals surface area contributed by atoms with E-state index in [-0.39, 0.29) is 12.4 Å². The summed E-state index contributed by atoms with van der Waals surface area (Å²) in [6, 6.07) is 0. The summed E-state index contributed by atoms with van der Waals surface area (Å²) < 4.78 is 29.2. The average Bonchev–Trinajstić information content (AvgIpc) is 3.15. The summed E-state index contributed by atoms with van der Waals surface area (Å²) in [7, 11) is 0.759. The third-order valence-electron chi connectivity index (χ3n) is 4.21. The molecule has 1 atom stereocenters. The summed E-state index contributed by atoms with van der Waals surface area (Å²) in [6.07, 6.45) is 7.40. The molecule has 1 fully saturated rings. The van der Waals surface area contributed by atoms with Crippen molar-refractivity contribution in [3.05, 3.63) is 18.0 Å². The van der Waals surface area contributed by atoms with Gasteiger partial charge in [0, 0.05) is 46.2 Å². The van der Waals surface area contributed by atoms with Gasteiger partial charge in [-0.15, -0.1) is 0 Å². The second kappa shape index (κ2) is 9.19. The first-order chi connectivity index (χ1) is 11.9. The molecule has 1 unspecified atom stereocenters. The zero-order valence-electron chi connectivity index (χ0n) is 15.3. The molecule has 25 heavy (non-hydrogen) atoms. The Balaban J connectivity index is 1.67. The van der Waals surface area contributed by atoms with E-state index in [2.05, 4.69) is 26.5 Å². The van der Waals surface area contributed by atoms with Crippen LogP contribution in [0.3, 0.4) is 0 Å². The van der Waals surface area contributed by atoms with Crippen molar-refractivity contribution in [3.8, 4) is 0 Å². The number of aliphatic imine (C=N–C) groups is 1. The van der Waals surface area contributed by atoms with Gasteiger partial charge in [-0.2, -0.15) is 5.10 Å². The van der Waals surface area contributed by atoms with E-state index in [4.69, 9.17) is 4.74 Å². The minimum atomic E-state index is -2.96. The molecular weight excluding hydrogens is 342 g/mol. The van der Waals surface area contributed by atoms with Crippen LogP contribution in [0.2, 0.25) is 0 Å². The Morgan fingerprint density at radius 2 is 2.28 bits per heavy atom. The molecule has 1 N–H and O–H groups in total. The number of rotatable bonds is 8. The minimum absolute atomic E-state index is 0.0594. The fourth-order valence-electron chi connectivity index (χ4n) is 2.98. The van der Waals surface area contributed by atoms with Crippen molar-refractivity contribution in [3.63, 3.8) is 0 Å². The SMILES string of the molecule is CN=C(NCCOCCS(C)(=O)=O)N1CCC(Cc2cnn(C)c2)C1. The molecular formula is C16H29N5O3S. The second-order valence-electron chi connectivity index (χ2n) is 6.54. The molecule has 2 rings (SSSR count). The van der Waals surface area contributed by atoms with Gasteiger partial charge in [-0.05, 0) is 24.3 Å². The Hall–Kier alpha value is -1.61. The lowest BCUT2D eigenvalue weighted by Crippen LogP contribution is -2.41. The van der Waals surface area contributed by atoms with Crippen LogP contribution in [-0.4, -0.2) is 81.0 Å². The number of nitrogens with zero attached hydrogens (tertiary/aromatic N) is 4. The van der Waals surface area contributed by atoms with Gasteiger partial charge in [0.2, 0.25) is 0 Å². The van der Waals surface area contributed by atoms with E-state index in [1.54, 1.807) is 7.05 Å². The van der Waals surface area contributed by atoms with Crippen LogP contribution in [0.1, 0.15) is 12.0 Å². The van der Waals surface area contributed by atoms with Crippen LogP contribution >= 0.6 is 0 Å². The fraction of sp³-hybridized carbons (Fsp3) is 0.750. The summed E-state index contributed by atoms with van der Waals surface area (Å²) in [5.74, 6) is 1.54. The summed E-state index contributed by atoms with van der Waals surface area (Å²) >= 11 is 0. The summed E-state index contributed by atoms with van der Waals surface area (Å²) in [5.41, 5.74) is 1.27. The van der Waals surface area contributed by atoms with E-state index in [1.807, 2.05) is 17.9 Å². The molecule has 0 bridgehead atoms. The van der Waals surface area contributed by atoms with Gasteiger partial charge < -0.3 is 15.0 Å². The molecule has 1 saturated heterocycles. The molecule has 2 heterocycles. The monoisotopic (exact) mass is 371 g/mol. The third kappa shape index (κ3) is 7.03. The predicted octanol–water partition coefficient (Wildman–Crippen LogP) is -0.0789. The highest BCUT2D eigenvalue weighted by Crippen LogP contribution is 2.20. The molecule has 9 heteroatoms. The second-order valence-corrected chi connectivity index (χ2v) is 8.80. The first kappa shape index (κ1) is 19.7. The lowest BCUT2D eigenvalue weighted by atomic mass is 10.0. The van der Waals surface area contributed by atoms with Gasteiger partial charge in [0.05, 0.1) is 25.2 Å². The number of likely N-dealkylation sites (tertiary alicyclic amines) is 1. The number of ether oxygens (including phenoxy) is 1. The molecule has 0 radical (unpaired) electrons. The van der Waals surface area contributed by atoms with Gasteiger partial charge in [-0.3, -0.25) is 9.67 Å². The van der Waals surface area contributed by atoms with E-state index in [1.165, 1.54) is 11.8 Å². The maximum Gasteiger partial charge on any atom is 0.193 e. The number of hydrogen-bond acceptors (Lipinski definition) is 5. The maximum absolute atomic E-state index is 11.0. The maximum atomic E-state index is 11.0. The number of guanidine groups is 1. The molecule has 8 nitrogen and oxygen atoms in total.